The van der Waals surface area contributed by atoms with Gasteiger partial charge in [-0.05, 0) is 36.5 Å². The van der Waals surface area contributed by atoms with Gasteiger partial charge < -0.3 is 9.84 Å². The third-order valence-corrected chi connectivity index (χ3v) is 4.80. The van der Waals surface area contributed by atoms with Crippen LogP contribution in [0.1, 0.15) is 33.1 Å². The highest BCUT2D eigenvalue weighted by molar-refractivity contribution is 5.77. The maximum absolute atomic E-state index is 11.4. The number of hydrogen-bond acceptors (Lipinski definition) is 2. The molecule has 2 rings (SSSR count). The zero-order valence-corrected chi connectivity index (χ0v) is 9.75. The molecule has 0 heterocycles. The van der Waals surface area contributed by atoms with E-state index in [4.69, 9.17) is 4.74 Å². The van der Waals surface area contributed by atoms with Crippen LogP contribution in [0.15, 0.2) is 0 Å². The molecule has 15 heavy (non-hydrogen) atoms. The van der Waals surface area contributed by atoms with E-state index in [1.54, 1.807) is 7.11 Å². The highest BCUT2D eigenvalue weighted by atomic mass is 16.5. The third kappa shape index (κ3) is 1.25. The fourth-order valence-corrected chi connectivity index (χ4v) is 3.65. The fraction of sp³-hybridized carbons (Fsp3) is 0.917. The van der Waals surface area contributed by atoms with Gasteiger partial charge in [0, 0.05) is 7.11 Å². The molecule has 3 heteroatoms. The van der Waals surface area contributed by atoms with Crippen molar-refractivity contribution in [2.75, 3.05) is 13.7 Å². The SMILES string of the molecule is COCC1(C(=O)O)CCC2(C(C)C)CC12. The van der Waals surface area contributed by atoms with E-state index in [9.17, 15) is 9.90 Å². The Morgan fingerprint density at radius 2 is 2.20 bits per heavy atom. The molecule has 0 aromatic rings. The van der Waals surface area contributed by atoms with Crippen molar-refractivity contribution in [1.82, 2.24) is 0 Å². The van der Waals surface area contributed by atoms with E-state index in [1.165, 1.54) is 0 Å². The van der Waals surface area contributed by atoms with Crippen LogP contribution in [0.5, 0.6) is 0 Å². The van der Waals surface area contributed by atoms with Gasteiger partial charge in [-0.2, -0.15) is 0 Å². The predicted molar refractivity (Wildman–Crippen MR) is 56.6 cm³/mol. The monoisotopic (exact) mass is 212 g/mol. The molecule has 86 valence electrons. The lowest BCUT2D eigenvalue weighted by Gasteiger charge is -2.24. The van der Waals surface area contributed by atoms with Crippen LogP contribution in [0, 0.1) is 22.7 Å². The number of carboxylic acids is 1. The second-order valence-electron chi connectivity index (χ2n) is 5.54. The predicted octanol–water partition coefficient (Wildman–Crippen LogP) is 2.16. The fourth-order valence-electron chi connectivity index (χ4n) is 3.65. The van der Waals surface area contributed by atoms with Crippen LogP contribution in [-0.4, -0.2) is 24.8 Å². The van der Waals surface area contributed by atoms with Gasteiger partial charge in [0.2, 0.25) is 0 Å². The minimum atomic E-state index is -0.658. The molecule has 0 saturated heterocycles. The lowest BCUT2D eigenvalue weighted by Crippen LogP contribution is -2.36. The van der Waals surface area contributed by atoms with Gasteiger partial charge >= 0.3 is 5.97 Å². The minimum absolute atomic E-state index is 0.316. The van der Waals surface area contributed by atoms with E-state index < -0.39 is 11.4 Å². The van der Waals surface area contributed by atoms with Gasteiger partial charge in [-0.3, -0.25) is 4.79 Å². The van der Waals surface area contributed by atoms with Crippen molar-refractivity contribution in [3.05, 3.63) is 0 Å². The maximum atomic E-state index is 11.4. The van der Waals surface area contributed by atoms with Crippen LogP contribution in [0.3, 0.4) is 0 Å². The number of rotatable bonds is 4. The van der Waals surface area contributed by atoms with Crippen molar-refractivity contribution in [1.29, 1.82) is 0 Å². The Morgan fingerprint density at radius 3 is 2.53 bits per heavy atom. The maximum Gasteiger partial charge on any atom is 0.312 e. The average Bonchev–Trinajstić information content (AvgIpc) is 2.82. The molecule has 0 spiro atoms. The standard InChI is InChI=1S/C12H20O3/c1-8(2)11-4-5-12(7-15-3,10(13)14)9(11)6-11/h8-9H,4-7H2,1-3H3,(H,13,14). The van der Waals surface area contributed by atoms with Crippen molar-refractivity contribution in [2.45, 2.75) is 33.1 Å². The summed E-state index contributed by atoms with van der Waals surface area (Å²) in [7, 11) is 1.60. The summed E-state index contributed by atoms with van der Waals surface area (Å²) < 4.78 is 5.13. The topological polar surface area (TPSA) is 46.5 Å². The Morgan fingerprint density at radius 1 is 1.53 bits per heavy atom. The second-order valence-corrected chi connectivity index (χ2v) is 5.54. The summed E-state index contributed by atoms with van der Waals surface area (Å²) in [5.41, 5.74) is -0.268. The third-order valence-electron chi connectivity index (χ3n) is 4.80. The first-order valence-corrected chi connectivity index (χ1v) is 5.72. The van der Waals surface area contributed by atoms with Gasteiger partial charge in [0.1, 0.15) is 0 Å². The first-order chi connectivity index (χ1) is 6.99. The Bertz CT molecular complexity index is 287. The van der Waals surface area contributed by atoms with Crippen LogP contribution < -0.4 is 0 Å². The lowest BCUT2D eigenvalue weighted by atomic mass is 9.83. The number of methoxy groups -OCH3 is 1. The van der Waals surface area contributed by atoms with Crippen LogP contribution in [0.25, 0.3) is 0 Å². The second kappa shape index (κ2) is 3.21. The van der Waals surface area contributed by atoms with Gasteiger partial charge in [0.25, 0.3) is 0 Å². The zero-order chi connectivity index (χ0) is 11.3. The first kappa shape index (κ1) is 10.9. The summed E-state index contributed by atoms with van der Waals surface area (Å²) in [5, 5.41) is 9.41. The van der Waals surface area contributed by atoms with Crippen molar-refractivity contribution < 1.29 is 14.6 Å². The van der Waals surface area contributed by atoms with Gasteiger partial charge in [-0.1, -0.05) is 13.8 Å². The Kier molecular flexibility index (Phi) is 2.34. The summed E-state index contributed by atoms with van der Waals surface area (Å²) in [4.78, 5) is 11.4. The number of carboxylic acid groups (broad SMARTS) is 1. The van der Waals surface area contributed by atoms with Crippen molar-refractivity contribution in [2.24, 2.45) is 22.7 Å². The van der Waals surface area contributed by atoms with Crippen molar-refractivity contribution >= 4 is 5.97 Å². The minimum Gasteiger partial charge on any atom is -0.481 e. The van der Waals surface area contributed by atoms with E-state index in [-0.39, 0.29) is 0 Å². The van der Waals surface area contributed by atoms with Crippen LogP contribution in [0.2, 0.25) is 0 Å². The molecule has 1 N–H and O–H groups in total. The molecule has 0 bridgehead atoms. The molecule has 0 aliphatic heterocycles. The number of carbonyl (C=O) groups is 1. The highest BCUT2D eigenvalue weighted by Crippen LogP contribution is 2.74. The molecule has 3 atom stereocenters. The van der Waals surface area contributed by atoms with Crippen LogP contribution >= 0.6 is 0 Å². The van der Waals surface area contributed by atoms with Gasteiger partial charge in [-0.15, -0.1) is 0 Å². The van der Waals surface area contributed by atoms with Gasteiger partial charge in [-0.25, -0.2) is 0 Å². The normalized spacial score (nSPS) is 43.1. The summed E-state index contributed by atoms with van der Waals surface area (Å²) in [6.07, 6.45) is 2.93. The molecule has 3 nitrogen and oxygen atoms in total. The molecule has 0 aromatic heterocycles. The van der Waals surface area contributed by atoms with Crippen LogP contribution in [0.4, 0.5) is 0 Å². The summed E-state index contributed by atoms with van der Waals surface area (Å²) in [6, 6.07) is 0. The molecule has 2 fully saturated rings. The van der Waals surface area contributed by atoms with Crippen molar-refractivity contribution in [3.63, 3.8) is 0 Å². The first-order valence-electron chi connectivity index (χ1n) is 5.72. The smallest absolute Gasteiger partial charge is 0.312 e. The van der Waals surface area contributed by atoms with E-state index in [0.717, 1.165) is 19.3 Å². The molecular formula is C12H20O3. The van der Waals surface area contributed by atoms with Crippen LogP contribution in [-0.2, 0) is 9.53 Å². The molecular weight excluding hydrogens is 192 g/mol. The average molecular weight is 212 g/mol. The molecule has 0 aromatic carbocycles. The largest absolute Gasteiger partial charge is 0.481 e. The van der Waals surface area contributed by atoms with E-state index >= 15 is 0 Å². The van der Waals surface area contributed by atoms with Crippen molar-refractivity contribution in [3.8, 4) is 0 Å². The van der Waals surface area contributed by atoms with E-state index in [2.05, 4.69) is 13.8 Å². The van der Waals surface area contributed by atoms with Gasteiger partial charge in [0.05, 0.1) is 12.0 Å². The quantitative estimate of drug-likeness (QED) is 0.776. The Labute approximate surface area is 90.8 Å². The highest BCUT2D eigenvalue weighted by Gasteiger charge is 2.71. The molecule has 2 saturated carbocycles. The molecule has 2 aliphatic rings. The summed E-state index contributed by atoms with van der Waals surface area (Å²) in [5.74, 6) is 0.289. The zero-order valence-electron chi connectivity index (χ0n) is 9.75. The summed E-state index contributed by atoms with van der Waals surface area (Å²) >= 11 is 0. The lowest BCUT2D eigenvalue weighted by molar-refractivity contribution is -0.153. The summed E-state index contributed by atoms with van der Waals surface area (Å²) in [6.45, 7) is 4.80. The Hall–Kier alpha value is -0.570. The number of fused-ring (bicyclic) bond motifs is 1. The number of hydrogen-bond donors (Lipinski definition) is 1. The van der Waals surface area contributed by atoms with E-state index in [0.29, 0.717) is 23.9 Å². The number of aliphatic carboxylic acids is 1. The molecule has 3 unspecified atom stereocenters. The molecule has 0 amide bonds. The van der Waals surface area contributed by atoms with E-state index in [1.807, 2.05) is 0 Å². The molecule has 0 radical (unpaired) electrons. The van der Waals surface area contributed by atoms with Gasteiger partial charge in [0.15, 0.2) is 0 Å². The Balaban J connectivity index is 2.22. The molecule has 2 aliphatic carbocycles. The number of ether oxygens (including phenoxy) is 1.